The molecule has 0 saturated carbocycles. The lowest BCUT2D eigenvalue weighted by Gasteiger charge is -2.27. The molecule has 1 aromatic carbocycles. The van der Waals surface area contributed by atoms with E-state index in [2.05, 4.69) is 61.0 Å². The minimum Gasteiger partial charge on any atom is -0.343 e. The predicted molar refractivity (Wildman–Crippen MR) is 126 cm³/mol. The summed E-state index contributed by atoms with van der Waals surface area (Å²) in [5, 5.41) is 4.48. The first-order chi connectivity index (χ1) is 15.2. The molecule has 6 heteroatoms. The van der Waals surface area contributed by atoms with Gasteiger partial charge in [-0.15, -0.1) is 0 Å². The molecule has 1 aliphatic rings. The highest BCUT2D eigenvalue weighted by atomic mass is 15.2. The Hall–Kier alpha value is -3.35. The molecule has 0 amide bonds. The number of rotatable bonds is 5. The summed E-state index contributed by atoms with van der Waals surface area (Å²) < 4.78 is 0. The molecule has 0 atom stereocenters. The maximum absolute atomic E-state index is 4.68. The van der Waals surface area contributed by atoms with Gasteiger partial charge in [0, 0.05) is 55.6 Å². The van der Waals surface area contributed by atoms with Crippen molar-refractivity contribution in [2.45, 2.75) is 6.92 Å². The van der Waals surface area contributed by atoms with Crippen molar-refractivity contribution in [2.75, 3.05) is 32.7 Å². The number of nitrogens with zero attached hydrogens (tertiary/aromatic N) is 4. The van der Waals surface area contributed by atoms with Gasteiger partial charge in [0.25, 0.3) is 0 Å². The van der Waals surface area contributed by atoms with Gasteiger partial charge in [0.15, 0.2) is 0 Å². The summed E-state index contributed by atoms with van der Waals surface area (Å²) in [6, 6.07) is 14.5. The number of nitrogens with one attached hydrogen (secondary N) is 2. The van der Waals surface area contributed by atoms with E-state index in [0.717, 1.165) is 83.1 Å². The topological polar surface area (TPSA) is 69.7 Å². The number of hydrogen-bond donors (Lipinski definition) is 2. The minimum absolute atomic E-state index is 0.872. The molecule has 2 N–H and O–H groups in total. The van der Waals surface area contributed by atoms with Crippen molar-refractivity contribution in [3.05, 3.63) is 72.8 Å². The summed E-state index contributed by atoms with van der Waals surface area (Å²) in [4.78, 5) is 19.6. The number of aryl methyl sites for hydroxylation is 1. The molecule has 3 aromatic heterocycles. The van der Waals surface area contributed by atoms with E-state index in [0.29, 0.717) is 0 Å². The number of H-pyrrole nitrogens is 1. The number of hydrogen-bond acceptors (Lipinski definition) is 5. The van der Waals surface area contributed by atoms with Crippen LogP contribution in [0.25, 0.3) is 39.1 Å². The molecule has 31 heavy (non-hydrogen) atoms. The largest absolute Gasteiger partial charge is 0.343 e. The molecular formula is C25H26N6. The standard InChI is InChI=1S/C25H26N6/c1-17(15-31-10-8-26-9-11-31)21-13-20-12-19(6-7-22(20)27-14-21)24-25(29-16-28-24)23-5-3-4-18(2)30-23/h3-7,12-14,16,26H,1,8-11,15H2,2H3,(H,28,29). The van der Waals surface area contributed by atoms with Gasteiger partial charge < -0.3 is 10.3 Å². The summed E-state index contributed by atoms with van der Waals surface area (Å²) >= 11 is 0. The van der Waals surface area contributed by atoms with Gasteiger partial charge in [-0.1, -0.05) is 18.7 Å². The molecule has 0 spiro atoms. The van der Waals surface area contributed by atoms with E-state index < -0.39 is 0 Å². The molecule has 4 aromatic rings. The van der Waals surface area contributed by atoms with Crippen LogP contribution in [0.4, 0.5) is 0 Å². The van der Waals surface area contributed by atoms with Crippen LogP contribution >= 0.6 is 0 Å². The fourth-order valence-corrected chi connectivity index (χ4v) is 4.09. The summed E-state index contributed by atoms with van der Waals surface area (Å²) in [6.45, 7) is 11.4. The maximum atomic E-state index is 4.68. The molecule has 156 valence electrons. The summed E-state index contributed by atoms with van der Waals surface area (Å²) in [6.07, 6.45) is 3.66. The molecule has 6 nitrogen and oxygen atoms in total. The zero-order valence-corrected chi connectivity index (χ0v) is 17.7. The van der Waals surface area contributed by atoms with Crippen molar-refractivity contribution in [2.24, 2.45) is 0 Å². The van der Waals surface area contributed by atoms with Crippen LogP contribution in [0, 0.1) is 6.92 Å². The van der Waals surface area contributed by atoms with Gasteiger partial charge in [0.1, 0.15) is 0 Å². The van der Waals surface area contributed by atoms with Crippen molar-refractivity contribution >= 4 is 16.5 Å². The third kappa shape index (κ3) is 4.13. The first-order valence-corrected chi connectivity index (χ1v) is 10.7. The lowest BCUT2D eigenvalue weighted by atomic mass is 10.0. The average Bonchev–Trinajstić information content (AvgIpc) is 3.29. The molecule has 1 fully saturated rings. The van der Waals surface area contributed by atoms with Gasteiger partial charge in [-0.25, -0.2) is 4.98 Å². The van der Waals surface area contributed by atoms with E-state index in [1.807, 2.05) is 31.3 Å². The van der Waals surface area contributed by atoms with Gasteiger partial charge in [-0.2, -0.15) is 0 Å². The highest BCUT2D eigenvalue weighted by Crippen LogP contribution is 2.30. The summed E-state index contributed by atoms with van der Waals surface area (Å²) in [5.41, 5.74) is 7.89. The Bertz CT molecular complexity index is 1240. The van der Waals surface area contributed by atoms with E-state index in [4.69, 9.17) is 0 Å². The zero-order chi connectivity index (χ0) is 21.2. The SMILES string of the molecule is C=C(CN1CCNCC1)c1cnc2ccc(-c3nc[nH]c3-c3cccc(C)n3)cc2c1. The molecule has 0 radical (unpaired) electrons. The lowest BCUT2D eigenvalue weighted by Crippen LogP contribution is -2.43. The third-order valence-electron chi connectivity index (χ3n) is 5.77. The van der Waals surface area contributed by atoms with Gasteiger partial charge in [-0.05, 0) is 48.4 Å². The van der Waals surface area contributed by atoms with E-state index in [1.54, 1.807) is 6.33 Å². The Morgan fingerprint density at radius 2 is 1.97 bits per heavy atom. The number of piperazine rings is 1. The van der Waals surface area contributed by atoms with Gasteiger partial charge in [0.2, 0.25) is 0 Å². The Labute approximate surface area is 182 Å². The number of pyridine rings is 2. The van der Waals surface area contributed by atoms with Crippen LogP contribution in [-0.2, 0) is 0 Å². The second-order valence-electron chi connectivity index (χ2n) is 8.05. The van der Waals surface area contributed by atoms with E-state index in [1.165, 1.54) is 0 Å². The van der Waals surface area contributed by atoms with Crippen LogP contribution in [0.15, 0.2) is 61.6 Å². The number of aromatic nitrogens is 4. The van der Waals surface area contributed by atoms with Crippen LogP contribution < -0.4 is 5.32 Å². The van der Waals surface area contributed by atoms with Crippen molar-refractivity contribution in [1.82, 2.24) is 30.2 Å². The molecule has 0 bridgehead atoms. The second kappa shape index (κ2) is 8.41. The second-order valence-corrected chi connectivity index (χ2v) is 8.05. The number of benzene rings is 1. The molecule has 5 rings (SSSR count). The van der Waals surface area contributed by atoms with Crippen molar-refractivity contribution in [3.63, 3.8) is 0 Å². The van der Waals surface area contributed by atoms with Crippen LogP contribution in [0.2, 0.25) is 0 Å². The van der Waals surface area contributed by atoms with Crippen LogP contribution in [0.3, 0.4) is 0 Å². The fraction of sp³-hybridized carbons (Fsp3) is 0.240. The smallest absolute Gasteiger partial charge is 0.0977 e. The Morgan fingerprint density at radius 3 is 2.81 bits per heavy atom. The predicted octanol–water partition coefficient (Wildman–Crippen LogP) is 3.91. The normalized spacial score (nSPS) is 14.7. The maximum Gasteiger partial charge on any atom is 0.0977 e. The fourth-order valence-electron chi connectivity index (χ4n) is 4.09. The van der Waals surface area contributed by atoms with Crippen LogP contribution in [0.1, 0.15) is 11.3 Å². The molecule has 1 aliphatic heterocycles. The zero-order valence-electron chi connectivity index (χ0n) is 17.7. The summed E-state index contributed by atoms with van der Waals surface area (Å²) in [7, 11) is 0. The summed E-state index contributed by atoms with van der Waals surface area (Å²) in [5.74, 6) is 0. The molecule has 0 aliphatic carbocycles. The lowest BCUT2D eigenvalue weighted by molar-refractivity contribution is 0.268. The average molecular weight is 411 g/mol. The Balaban J connectivity index is 1.46. The van der Waals surface area contributed by atoms with Gasteiger partial charge >= 0.3 is 0 Å². The number of fused-ring (bicyclic) bond motifs is 1. The quantitative estimate of drug-likeness (QED) is 0.522. The Kier molecular flexibility index (Phi) is 5.32. The number of imidazole rings is 1. The first-order valence-electron chi connectivity index (χ1n) is 10.7. The highest BCUT2D eigenvalue weighted by molar-refractivity contribution is 5.88. The minimum atomic E-state index is 0.872. The highest BCUT2D eigenvalue weighted by Gasteiger charge is 2.14. The van der Waals surface area contributed by atoms with E-state index in [-0.39, 0.29) is 0 Å². The van der Waals surface area contributed by atoms with Gasteiger partial charge in [-0.3, -0.25) is 14.9 Å². The first kappa shape index (κ1) is 19.6. The number of aromatic amines is 1. The molecule has 4 heterocycles. The van der Waals surface area contributed by atoms with Crippen molar-refractivity contribution in [3.8, 4) is 22.6 Å². The molecule has 0 unspecified atom stereocenters. The monoisotopic (exact) mass is 410 g/mol. The Morgan fingerprint density at radius 1 is 1.10 bits per heavy atom. The van der Waals surface area contributed by atoms with Crippen molar-refractivity contribution < 1.29 is 0 Å². The van der Waals surface area contributed by atoms with Crippen LogP contribution in [-0.4, -0.2) is 57.6 Å². The molecule has 1 saturated heterocycles. The van der Waals surface area contributed by atoms with E-state index >= 15 is 0 Å². The molecular weight excluding hydrogens is 384 g/mol. The van der Waals surface area contributed by atoms with Crippen LogP contribution in [0.5, 0.6) is 0 Å². The van der Waals surface area contributed by atoms with Crippen molar-refractivity contribution in [1.29, 1.82) is 0 Å². The van der Waals surface area contributed by atoms with E-state index in [9.17, 15) is 0 Å². The third-order valence-corrected chi connectivity index (χ3v) is 5.77. The van der Waals surface area contributed by atoms with Gasteiger partial charge in [0.05, 0.1) is 28.9 Å².